The smallest absolute Gasteiger partial charge is 0.127 e. The fourth-order valence-electron chi connectivity index (χ4n) is 4.18. The zero-order valence-corrected chi connectivity index (χ0v) is 17.9. The summed E-state index contributed by atoms with van der Waals surface area (Å²) in [4.78, 5) is 2.29. The first kappa shape index (κ1) is 20.0. The molecule has 0 saturated carbocycles. The van der Waals surface area contributed by atoms with Crippen LogP contribution in [0.15, 0.2) is 60.7 Å². The minimum atomic E-state index is -0.261. The van der Waals surface area contributed by atoms with Crippen molar-refractivity contribution in [3.05, 3.63) is 83.3 Å². The molecule has 1 aliphatic rings. The molecule has 152 valence electrons. The van der Waals surface area contributed by atoms with Crippen LogP contribution in [0.2, 0.25) is 0 Å². The second kappa shape index (κ2) is 7.50. The molecule has 0 radical (unpaired) electrons. The molecule has 30 heavy (non-hydrogen) atoms. The Bertz CT molecular complexity index is 1200. The van der Waals surface area contributed by atoms with Gasteiger partial charge in [0.2, 0.25) is 0 Å². The largest absolute Gasteiger partial charge is 0.361 e. The number of para-hydroxylation sites is 1. The molecule has 3 nitrogen and oxygen atoms in total. The number of nitriles is 1. The minimum Gasteiger partial charge on any atom is -0.361 e. The summed E-state index contributed by atoms with van der Waals surface area (Å²) < 4.78 is 16.8. The van der Waals surface area contributed by atoms with Crippen LogP contribution in [0.3, 0.4) is 0 Å². The van der Waals surface area contributed by atoms with Gasteiger partial charge in [0.1, 0.15) is 11.9 Å². The monoisotopic (exact) mass is 399 g/mol. The molecule has 0 aliphatic carbocycles. The van der Waals surface area contributed by atoms with Crippen LogP contribution in [-0.2, 0) is 6.42 Å². The van der Waals surface area contributed by atoms with E-state index in [1.54, 1.807) is 0 Å². The van der Waals surface area contributed by atoms with Gasteiger partial charge >= 0.3 is 0 Å². The van der Waals surface area contributed by atoms with Crippen LogP contribution in [0.5, 0.6) is 0 Å². The number of aromatic nitrogens is 1. The van der Waals surface area contributed by atoms with E-state index in [1.165, 1.54) is 6.07 Å². The number of aryl methyl sites for hydroxylation is 1. The summed E-state index contributed by atoms with van der Waals surface area (Å²) in [5.74, 6) is -0.261. The number of nitrogens with zero attached hydrogens (tertiary/aromatic N) is 3. The summed E-state index contributed by atoms with van der Waals surface area (Å²) in [5.41, 5.74) is 4.61. The van der Waals surface area contributed by atoms with Gasteiger partial charge < -0.3 is 9.47 Å². The third kappa shape index (κ3) is 3.21. The van der Waals surface area contributed by atoms with Crippen molar-refractivity contribution >= 4 is 16.6 Å². The van der Waals surface area contributed by atoms with E-state index < -0.39 is 0 Å². The molecule has 2 aromatic carbocycles. The van der Waals surface area contributed by atoms with Gasteiger partial charge in [-0.25, -0.2) is 4.39 Å². The minimum absolute atomic E-state index is 0.138. The quantitative estimate of drug-likeness (QED) is 0.524. The molecule has 0 bridgehead atoms. The van der Waals surface area contributed by atoms with Gasteiger partial charge in [0.05, 0.1) is 22.5 Å². The van der Waals surface area contributed by atoms with Crippen molar-refractivity contribution < 1.29 is 4.39 Å². The molecule has 3 aromatic rings. The zero-order chi connectivity index (χ0) is 21.5. The van der Waals surface area contributed by atoms with Gasteiger partial charge in [0.25, 0.3) is 0 Å². The maximum absolute atomic E-state index is 14.7. The number of hydrogen-bond acceptors (Lipinski definition) is 2. The first-order valence-electron chi connectivity index (χ1n) is 10.3. The van der Waals surface area contributed by atoms with E-state index in [0.717, 1.165) is 29.1 Å². The molecule has 0 N–H and O–H groups in total. The van der Waals surface area contributed by atoms with Crippen LogP contribution in [0.25, 0.3) is 22.3 Å². The molecule has 0 fully saturated rings. The highest BCUT2D eigenvalue weighted by Gasteiger charge is 2.30. The van der Waals surface area contributed by atoms with E-state index in [9.17, 15) is 9.65 Å². The Morgan fingerprint density at radius 1 is 1.13 bits per heavy atom. The number of fused-ring (bicyclic) bond motifs is 1. The maximum atomic E-state index is 14.7. The summed E-state index contributed by atoms with van der Waals surface area (Å²) in [7, 11) is 0. The van der Waals surface area contributed by atoms with E-state index in [-0.39, 0.29) is 11.4 Å². The molecule has 0 atom stereocenters. The lowest BCUT2D eigenvalue weighted by molar-refractivity contribution is 0.239. The number of hydrogen-bond donors (Lipinski definition) is 0. The molecule has 0 saturated heterocycles. The highest BCUT2D eigenvalue weighted by molar-refractivity contribution is 5.95. The van der Waals surface area contributed by atoms with Crippen LogP contribution in [0, 0.1) is 17.1 Å². The van der Waals surface area contributed by atoms with E-state index in [1.807, 2.05) is 49.4 Å². The molecule has 4 rings (SSSR count). The molecular weight excluding hydrogens is 373 g/mol. The zero-order valence-electron chi connectivity index (χ0n) is 17.9. The molecule has 0 amide bonds. The van der Waals surface area contributed by atoms with Crippen LogP contribution in [-0.4, -0.2) is 21.6 Å². The Morgan fingerprint density at radius 3 is 2.50 bits per heavy atom. The first-order valence-corrected chi connectivity index (χ1v) is 10.3. The van der Waals surface area contributed by atoms with Gasteiger partial charge in [-0.05, 0) is 63.1 Å². The van der Waals surface area contributed by atoms with E-state index >= 15 is 0 Å². The predicted molar refractivity (Wildman–Crippen MR) is 121 cm³/mol. The number of benzene rings is 2. The Labute approximate surface area is 177 Å². The molecular formula is C26H26FN3. The fourth-order valence-corrected chi connectivity index (χ4v) is 4.18. The molecule has 2 heterocycles. The van der Waals surface area contributed by atoms with Crippen LogP contribution in [0.4, 0.5) is 4.39 Å². The van der Waals surface area contributed by atoms with Crippen molar-refractivity contribution in [1.29, 1.82) is 5.26 Å². The Hall–Kier alpha value is -3.32. The third-order valence-corrected chi connectivity index (χ3v) is 5.66. The standard InChI is InChI=1S/C26H26FN3/c1-5-18-15-24-20(16-22(18)27)21(17-28)25(30(24)19-11-7-6-8-12-19)23-13-9-10-14-29(23)26(2,3)4/h6-13,15-16H,5,14H2,1-4H3. The number of rotatable bonds is 3. The van der Waals surface area contributed by atoms with Gasteiger partial charge in [-0.2, -0.15) is 5.26 Å². The number of allylic oxidation sites excluding steroid dienone is 2. The van der Waals surface area contributed by atoms with Gasteiger partial charge in [-0.15, -0.1) is 0 Å². The van der Waals surface area contributed by atoms with Crippen molar-refractivity contribution in [1.82, 2.24) is 9.47 Å². The second-order valence-electron chi connectivity index (χ2n) is 8.58. The van der Waals surface area contributed by atoms with Crippen molar-refractivity contribution in [2.24, 2.45) is 0 Å². The first-order chi connectivity index (χ1) is 14.4. The Kier molecular flexibility index (Phi) is 4.99. The average Bonchev–Trinajstić information content (AvgIpc) is 3.06. The molecule has 0 unspecified atom stereocenters. The molecule has 0 spiro atoms. The van der Waals surface area contributed by atoms with Crippen LogP contribution in [0.1, 0.15) is 44.5 Å². The highest BCUT2D eigenvalue weighted by Crippen LogP contribution is 2.39. The van der Waals surface area contributed by atoms with Gasteiger partial charge in [0, 0.05) is 23.2 Å². The highest BCUT2D eigenvalue weighted by atomic mass is 19.1. The van der Waals surface area contributed by atoms with E-state index in [4.69, 9.17) is 0 Å². The average molecular weight is 400 g/mol. The van der Waals surface area contributed by atoms with Crippen molar-refractivity contribution in [2.75, 3.05) is 6.54 Å². The van der Waals surface area contributed by atoms with Gasteiger partial charge in [-0.3, -0.25) is 0 Å². The maximum Gasteiger partial charge on any atom is 0.127 e. The lowest BCUT2D eigenvalue weighted by Gasteiger charge is -2.40. The van der Waals surface area contributed by atoms with E-state index in [2.05, 4.69) is 48.5 Å². The summed E-state index contributed by atoms with van der Waals surface area (Å²) in [6.07, 6.45) is 6.80. The summed E-state index contributed by atoms with van der Waals surface area (Å²) in [6, 6.07) is 15.8. The second-order valence-corrected chi connectivity index (χ2v) is 8.58. The summed E-state index contributed by atoms with van der Waals surface area (Å²) in [6.45, 7) is 9.19. The lowest BCUT2D eigenvalue weighted by atomic mass is 9.99. The summed E-state index contributed by atoms with van der Waals surface area (Å²) >= 11 is 0. The lowest BCUT2D eigenvalue weighted by Crippen LogP contribution is -2.41. The number of halogens is 1. The molecule has 1 aliphatic heterocycles. The third-order valence-electron chi connectivity index (χ3n) is 5.66. The topological polar surface area (TPSA) is 32.0 Å². The van der Waals surface area contributed by atoms with E-state index in [0.29, 0.717) is 22.9 Å². The van der Waals surface area contributed by atoms with Crippen molar-refractivity contribution in [3.63, 3.8) is 0 Å². The van der Waals surface area contributed by atoms with Crippen LogP contribution < -0.4 is 0 Å². The Morgan fingerprint density at radius 2 is 1.87 bits per heavy atom. The Balaban J connectivity index is 2.15. The normalized spacial score (nSPS) is 14.1. The molecule has 1 aromatic heterocycles. The van der Waals surface area contributed by atoms with Crippen molar-refractivity contribution in [2.45, 2.75) is 39.7 Å². The molecule has 4 heteroatoms. The van der Waals surface area contributed by atoms with Crippen LogP contribution >= 0.6 is 0 Å². The van der Waals surface area contributed by atoms with Crippen molar-refractivity contribution in [3.8, 4) is 11.8 Å². The summed E-state index contributed by atoms with van der Waals surface area (Å²) in [5, 5.41) is 10.8. The van der Waals surface area contributed by atoms with Gasteiger partial charge in [-0.1, -0.05) is 37.3 Å². The van der Waals surface area contributed by atoms with Gasteiger partial charge in [0.15, 0.2) is 0 Å². The SMILES string of the molecule is CCc1cc2c(cc1F)c(C#N)c(C1=CC=CCN1C(C)(C)C)n2-c1ccccc1. The fraction of sp³-hybridized carbons (Fsp3) is 0.269. The predicted octanol–water partition coefficient (Wildman–Crippen LogP) is 6.21.